The van der Waals surface area contributed by atoms with E-state index in [1.165, 1.54) is 6.07 Å². The van der Waals surface area contributed by atoms with Crippen LogP contribution in [0.1, 0.15) is 44.7 Å². The van der Waals surface area contributed by atoms with E-state index in [0.29, 0.717) is 18.2 Å². The van der Waals surface area contributed by atoms with Gasteiger partial charge in [-0.05, 0) is 30.5 Å². The number of rotatable bonds is 7. The molecule has 0 spiro atoms. The van der Waals surface area contributed by atoms with Crippen molar-refractivity contribution in [2.45, 2.75) is 45.1 Å². The fraction of sp³-hybridized carbons (Fsp3) is 0.625. The summed E-state index contributed by atoms with van der Waals surface area (Å²) >= 11 is 3.13. The van der Waals surface area contributed by atoms with E-state index < -0.39 is 11.7 Å². The van der Waals surface area contributed by atoms with E-state index in [-0.39, 0.29) is 10.9 Å². The summed E-state index contributed by atoms with van der Waals surface area (Å²) in [6, 6.07) is 4.64. The molecule has 0 aliphatic rings. The summed E-state index contributed by atoms with van der Waals surface area (Å²) in [5.74, 6) is 0.509. The second-order valence-electron chi connectivity index (χ2n) is 5.19. The fourth-order valence-corrected chi connectivity index (χ4v) is 2.91. The third-order valence-corrected chi connectivity index (χ3v) is 4.53. The van der Waals surface area contributed by atoms with Gasteiger partial charge in [0, 0.05) is 24.1 Å². The van der Waals surface area contributed by atoms with Crippen molar-refractivity contribution in [3.8, 4) is 0 Å². The van der Waals surface area contributed by atoms with Crippen molar-refractivity contribution in [2.24, 2.45) is 5.92 Å². The zero-order chi connectivity index (χ0) is 16.0. The lowest BCUT2D eigenvalue weighted by atomic mass is 10.0. The first kappa shape index (κ1) is 18.3. The Morgan fingerprint density at radius 3 is 2.19 bits per heavy atom. The van der Waals surface area contributed by atoms with E-state index in [0.717, 1.165) is 19.4 Å². The molecule has 0 unspecified atom stereocenters. The van der Waals surface area contributed by atoms with Crippen LogP contribution in [0.25, 0.3) is 0 Å². The standard InChI is InChI=1S/C16H23BrF3N/c1-4-12(5-2)11-21(6-3)14-8-7-13(10-17)15(9-14)16(18,19)20/h7-9,12H,4-6,10-11H2,1-3H3. The second-order valence-corrected chi connectivity index (χ2v) is 5.75. The molecule has 0 aliphatic carbocycles. The van der Waals surface area contributed by atoms with Crippen molar-refractivity contribution in [3.05, 3.63) is 29.3 Å². The van der Waals surface area contributed by atoms with E-state index in [9.17, 15) is 13.2 Å². The Labute approximate surface area is 133 Å². The molecule has 0 amide bonds. The minimum atomic E-state index is -4.31. The van der Waals surface area contributed by atoms with Crippen molar-refractivity contribution >= 4 is 21.6 Å². The zero-order valence-electron chi connectivity index (χ0n) is 12.8. The molecule has 0 saturated carbocycles. The lowest BCUT2D eigenvalue weighted by Gasteiger charge is -2.28. The van der Waals surface area contributed by atoms with Gasteiger partial charge in [-0.2, -0.15) is 13.2 Å². The Morgan fingerprint density at radius 2 is 1.76 bits per heavy atom. The van der Waals surface area contributed by atoms with Crippen molar-refractivity contribution in [2.75, 3.05) is 18.0 Å². The van der Waals surface area contributed by atoms with Crippen molar-refractivity contribution in [1.29, 1.82) is 0 Å². The lowest BCUT2D eigenvalue weighted by Crippen LogP contribution is -2.29. The topological polar surface area (TPSA) is 3.24 Å². The maximum Gasteiger partial charge on any atom is 0.416 e. The van der Waals surface area contributed by atoms with E-state index in [1.54, 1.807) is 12.1 Å². The van der Waals surface area contributed by atoms with Crippen LogP contribution in [0.4, 0.5) is 18.9 Å². The number of anilines is 1. The van der Waals surface area contributed by atoms with Crippen LogP contribution in [-0.4, -0.2) is 13.1 Å². The Kier molecular flexibility index (Phi) is 7.04. The predicted molar refractivity (Wildman–Crippen MR) is 86.0 cm³/mol. The smallest absolute Gasteiger partial charge is 0.372 e. The van der Waals surface area contributed by atoms with Crippen molar-refractivity contribution in [1.82, 2.24) is 0 Å². The van der Waals surface area contributed by atoms with Crippen LogP contribution in [0, 0.1) is 5.92 Å². The summed E-state index contributed by atoms with van der Waals surface area (Å²) in [5, 5.41) is 0.209. The molecule has 1 aromatic carbocycles. The highest BCUT2D eigenvalue weighted by Gasteiger charge is 2.33. The molecule has 0 aliphatic heterocycles. The Morgan fingerprint density at radius 1 is 1.14 bits per heavy atom. The number of hydrogen-bond acceptors (Lipinski definition) is 1. The number of nitrogens with zero attached hydrogens (tertiary/aromatic N) is 1. The first-order valence-corrected chi connectivity index (χ1v) is 8.50. The quantitative estimate of drug-likeness (QED) is 0.546. The van der Waals surface area contributed by atoms with Gasteiger partial charge < -0.3 is 4.90 Å². The number of hydrogen-bond donors (Lipinski definition) is 0. The Bertz CT molecular complexity index is 442. The number of benzene rings is 1. The van der Waals surface area contributed by atoms with Crippen LogP contribution in [-0.2, 0) is 11.5 Å². The second kappa shape index (κ2) is 8.06. The molecule has 120 valence electrons. The van der Waals surface area contributed by atoms with Crippen LogP contribution >= 0.6 is 15.9 Å². The molecule has 1 rings (SSSR count). The molecule has 0 aromatic heterocycles. The minimum absolute atomic E-state index is 0.209. The molecule has 0 bridgehead atoms. The highest BCUT2D eigenvalue weighted by atomic mass is 79.9. The monoisotopic (exact) mass is 365 g/mol. The van der Waals surface area contributed by atoms with Gasteiger partial charge in [-0.1, -0.05) is 48.7 Å². The fourth-order valence-electron chi connectivity index (χ4n) is 2.42. The first-order chi connectivity index (χ1) is 9.87. The summed E-state index contributed by atoms with van der Waals surface area (Å²) in [4.78, 5) is 2.03. The highest BCUT2D eigenvalue weighted by molar-refractivity contribution is 9.08. The van der Waals surface area contributed by atoms with E-state index >= 15 is 0 Å². The van der Waals surface area contributed by atoms with Gasteiger partial charge in [-0.3, -0.25) is 0 Å². The molecule has 21 heavy (non-hydrogen) atoms. The average molecular weight is 366 g/mol. The lowest BCUT2D eigenvalue weighted by molar-refractivity contribution is -0.138. The van der Waals surface area contributed by atoms with Gasteiger partial charge in [0.1, 0.15) is 0 Å². The molecule has 5 heteroatoms. The van der Waals surface area contributed by atoms with Gasteiger partial charge in [-0.15, -0.1) is 0 Å². The Hall–Kier alpha value is -0.710. The summed E-state index contributed by atoms with van der Waals surface area (Å²) in [5.41, 5.74) is 0.395. The van der Waals surface area contributed by atoms with Crippen LogP contribution in [0.5, 0.6) is 0 Å². The van der Waals surface area contributed by atoms with Gasteiger partial charge >= 0.3 is 6.18 Å². The normalized spacial score (nSPS) is 12.0. The van der Waals surface area contributed by atoms with Gasteiger partial charge in [0.2, 0.25) is 0 Å². The Balaban J connectivity index is 3.11. The maximum atomic E-state index is 13.1. The number of halogens is 4. The molecule has 1 nitrogen and oxygen atoms in total. The summed E-state index contributed by atoms with van der Waals surface area (Å²) in [6.45, 7) is 7.73. The summed E-state index contributed by atoms with van der Waals surface area (Å²) in [7, 11) is 0. The molecule has 0 saturated heterocycles. The van der Waals surface area contributed by atoms with Gasteiger partial charge in [-0.25, -0.2) is 0 Å². The molecule has 0 radical (unpaired) electrons. The molecule has 0 N–H and O–H groups in total. The van der Waals surface area contributed by atoms with E-state index in [1.807, 2.05) is 11.8 Å². The first-order valence-electron chi connectivity index (χ1n) is 7.38. The van der Waals surface area contributed by atoms with E-state index in [2.05, 4.69) is 29.8 Å². The van der Waals surface area contributed by atoms with E-state index in [4.69, 9.17) is 0 Å². The predicted octanol–water partition coefficient (Wildman–Crippen LogP) is 5.86. The largest absolute Gasteiger partial charge is 0.416 e. The van der Waals surface area contributed by atoms with Crippen LogP contribution in [0.2, 0.25) is 0 Å². The summed E-state index contributed by atoms with van der Waals surface area (Å²) in [6.07, 6.45) is -2.23. The molecule has 0 atom stereocenters. The molecule has 0 fully saturated rings. The third-order valence-electron chi connectivity index (χ3n) is 3.92. The molecular formula is C16H23BrF3N. The maximum absolute atomic E-state index is 13.1. The van der Waals surface area contributed by atoms with Crippen LogP contribution in [0.3, 0.4) is 0 Å². The zero-order valence-corrected chi connectivity index (χ0v) is 14.4. The van der Waals surface area contributed by atoms with Crippen molar-refractivity contribution < 1.29 is 13.2 Å². The minimum Gasteiger partial charge on any atom is -0.372 e. The summed E-state index contributed by atoms with van der Waals surface area (Å²) < 4.78 is 39.4. The molecule has 1 aromatic rings. The SMILES string of the molecule is CCC(CC)CN(CC)c1ccc(CBr)c(C(F)(F)F)c1. The van der Waals surface area contributed by atoms with Crippen LogP contribution in [0.15, 0.2) is 18.2 Å². The molecule has 0 heterocycles. The molecular weight excluding hydrogens is 343 g/mol. The van der Waals surface area contributed by atoms with Gasteiger partial charge in [0.25, 0.3) is 0 Å². The van der Waals surface area contributed by atoms with Crippen molar-refractivity contribution in [3.63, 3.8) is 0 Å². The highest BCUT2D eigenvalue weighted by Crippen LogP contribution is 2.35. The third kappa shape index (κ3) is 4.90. The number of alkyl halides is 4. The van der Waals surface area contributed by atoms with Gasteiger partial charge in [0.05, 0.1) is 5.56 Å². The van der Waals surface area contributed by atoms with Gasteiger partial charge in [0.15, 0.2) is 0 Å². The van der Waals surface area contributed by atoms with Crippen LogP contribution < -0.4 is 4.90 Å². The average Bonchev–Trinajstić information content (AvgIpc) is 2.47.